The summed E-state index contributed by atoms with van der Waals surface area (Å²) in [5, 5.41) is 10.0. The van der Waals surface area contributed by atoms with Crippen LogP contribution in [0.15, 0.2) is 53.1 Å². The summed E-state index contributed by atoms with van der Waals surface area (Å²) in [6, 6.07) is 5.49. The Kier molecular flexibility index (Phi) is 8.19. The van der Waals surface area contributed by atoms with E-state index in [-0.39, 0.29) is 30.9 Å². The first-order chi connectivity index (χ1) is 20.1. The van der Waals surface area contributed by atoms with Crippen LogP contribution in [0.25, 0.3) is 6.08 Å². The fourth-order valence-electron chi connectivity index (χ4n) is 6.47. The predicted molar refractivity (Wildman–Crippen MR) is 147 cm³/mol. The van der Waals surface area contributed by atoms with Gasteiger partial charge in [-0.1, -0.05) is 35.7 Å². The van der Waals surface area contributed by atoms with Gasteiger partial charge in [-0.2, -0.15) is 26.3 Å². The van der Waals surface area contributed by atoms with Crippen LogP contribution in [0.2, 0.25) is 5.02 Å². The lowest BCUT2D eigenvalue weighted by molar-refractivity contribution is -0.143. The van der Waals surface area contributed by atoms with Gasteiger partial charge in [-0.05, 0) is 80.1 Å². The van der Waals surface area contributed by atoms with E-state index in [1.54, 1.807) is 6.07 Å². The fourth-order valence-corrected chi connectivity index (χ4v) is 6.70. The monoisotopic (exact) mass is 627 g/mol. The minimum atomic E-state index is -5.12. The molecule has 2 aromatic carbocycles. The number of allylic oxidation sites excluding steroid dienone is 2. The first-order valence-electron chi connectivity index (χ1n) is 13.8. The third-order valence-corrected chi connectivity index (χ3v) is 8.84. The van der Waals surface area contributed by atoms with E-state index in [9.17, 15) is 41.0 Å². The van der Waals surface area contributed by atoms with Gasteiger partial charge in [-0.3, -0.25) is 9.59 Å². The second-order valence-electron chi connectivity index (χ2n) is 11.2. The first-order valence-corrected chi connectivity index (χ1v) is 14.1. The van der Waals surface area contributed by atoms with E-state index in [0.717, 1.165) is 28.7 Å². The number of rotatable bonds is 6. The highest BCUT2D eigenvalue weighted by molar-refractivity contribution is 6.32. The Morgan fingerprint density at radius 2 is 1.67 bits per heavy atom. The van der Waals surface area contributed by atoms with E-state index in [0.29, 0.717) is 34.9 Å². The number of aromatic hydroxyl groups is 1. The van der Waals surface area contributed by atoms with Gasteiger partial charge in [-0.25, -0.2) is 4.90 Å². The molecule has 43 heavy (non-hydrogen) atoms. The van der Waals surface area contributed by atoms with Crippen molar-refractivity contribution in [2.75, 3.05) is 11.5 Å². The standard InChI is InChI=1S/C31H28ClF6NO4/c1-3-16(9-17-5-6-21(40)13-24(17)32)4-7-25-26-15(2)8-22-27(23(26)14-43-25)29(42)39(28(22)41)20-11-18(30(33,34)35)10-19(12-20)31(36,37)38/h5-6,9-13,22-23,25,27,40H,3-4,7-8,14H2,1-2H3/b16-9+/t22-,23+,25-,27-/m1/s1. The maximum atomic E-state index is 13.6. The molecule has 1 aliphatic carbocycles. The maximum Gasteiger partial charge on any atom is 0.416 e. The summed E-state index contributed by atoms with van der Waals surface area (Å²) < 4.78 is 87.1. The van der Waals surface area contributed by atoms with E-state index >= 15 is 0 Å². The smallest absolute Gasteiger partial charge is 0.416 e. The Labute approximate surface area is 248 Å². The van der Waals surface area contributed by atoms with Crippen LogP contribution in [0.5, 0.6) is 5.75 Å². The number of fused-ring (bicyclic) bond motifs is 3. The Morgan fingerprint density at radius 1 is 1.02 bits per heavy atom. The highest BCUT2D eigenvalue weighted by Crippen LogP contribution is 2.51. The number of carbonyl (C=O) groups is 2. The van der Waals surface area contributed by atoms with Crippen LogP contribution in [0.4, 0.5) is 32.0 Å². The number of ether oxygens (including phenoxy) is 1. The topological polar surface area (TPSA) is 66.8 Å². The van der Waals surface area contributed by atoms with Gasteiger partial charge in [0.1, 0.15) is 5.75 Å². The molecule has 230 valence electrons. The molecule has 2 fully saturated rings. The molecule has 0 unspecified atom stereocenters. The molecule has 2 aliphatic heterocycles. The van der Waals surface area contributed by atoms with Gasteiger partial charge in [0.25, 0.3) is 0 Å². The minimum Gasteiger partial charge on any atom is -0.508 e. The lowest BCUT2D eigenvalue weighted by Crippen LogP contribution is -2.34. The van der Waals surface area contributed by atoms with Crippen molar-refractivity contribution in [3.63, 3.8) is 0 Å². The highest BCUT2D eigenvalue weighted by atomic mass is 35.5. The molecule has 0 radical (unpaired) electrons. The molecule has 3 aliphatic rings. The lowest BCUT2D eigenvalue weighted by atomic mass is 9.70. The first kappa shape index (κ1) is 31.1. The van der Waals surface area contributed by atoms with Gasteiger partial charge in [0, 0.05) is 5.92 Å². The van der Waals surface area contributed by atoms with Gasteiger partial charge in [0.2, 0.25) is 11.8 Å². The molecule has 2 aromatic rings. The lowest BCUT2D eigenvalue weighted by Gasteiger charge is -2.30. The number of hydrogen-bond donors (Lipinski definition) is 1. The number of hydrogen-bond acceptors (Lipinski definition) is 4. The minimum absolute atomic E-state index is 0.0323. The molecular weight excluding hydrogens is 600 g/mol. The van der Waals surface area contributed by atoms with Gasteiger partial charge in [0.05, 0.1) is 46.4 Å². The molecule has 5 nitrogen and oxygen atoms in total. The zero-order chi connectivity index (χ0) is 31.4. The largest absolute Gasteiger partial charge is 0.508 e. The number of imide groups is 1. The van der Waals surface area contributed by atoms with Crippen LogP contribution in [-0.2, 0) is 26.7 Å². The van der Waals surface area contributed by atoms with Crippen molar-refractivity contribution in [1.29, 1.82) is 0 Å². The fraction of sp³-hybridized carbons (Fsp3) is 0.419. The zero-order valence-corrected chi connectivity index (χ0v) is 23.9. The Balaban J connectivity index is 1.39. The number of carbonyl (C=O) groups excluding carboxylic acids is 2. The summed E-state index contributed by atoms with van der Waals surface area (Å²) in [7, 11) is 0. The van der Waals surface area contributed by atoms with Crippen LogP contribution < -0.4 is 4.90 Å². The molecule has 12 heteroatoms. The van der Waals surface area contributed by atoms with Crippen LogP contribution in [0.1, 0.15) is 56.2 Å². The van der Waals surface area contributed by atoms with Crippen molar-refractivity contribution in [3.8, 4) is 5.75 Å². The normalized spacial score (nSPS) is 24.6. The molecule has 2 heterocycles. The van der Waals surface area contributed by atoms with Gasteiger partial charge in [0.15, 0.2) is 0 Å². The molecule has 2 amide bonds. The van der Waals surface area contributed by atoms with Crippen LogP contribution in [-0.4, -0.2) is 29.6 Å². The van der Waals surface area contributed by atoms with Gasteiger partial charge in [-0.15, -0.1) is 0 Å². The number of anilines is 1. The summed E-state index contributed by atoms with van der Waals surface area (Å²) in [6.07, 6.45) is -6.61. The molecule has 5 rings (SSSR count). The van der Waals surface area contributed by atoms with Gasteiger partial charge < -0.3 is 9.84 Å². The number of halogens is 7. The Morgan fingerprint density at radius 3 is 2.26 bits per heavy atom. The second-order valence-corrected chi connectivity index (χ2v) is 11.6. The SMILES string of the molecule is CC/C(=C\c1ccc(O)cc1Cl)CC[C@H]1OC[C@H]2C1=C(C)C[C@H]1C(=O)N(c3cc(C(F)(F)F)cc(C(F)(F)F)c3)C(=O)[C@H]12. The quantitative estimate of drug-likeness (QED) is 0.199. The average Bonchev–Trinajstić information content (AvgIpc) is 3.45. The third-order valence-electron chi connectivity index (χ3n) is 8.51. The molecule has 0 saturated carbocycles. The number of phenolic OH excluding ortho intramolecular Hbond substituents is 1. The molecular formula is C31H28ClF6NO4. The van der Waals surface area contributed by atoms with Crippen molar-refractivity contribution in [2.24, 2.45) is 17.8 Å². The van der Waals surface area contributed by atoms with Crippen molar-refractivity contribution in [2.45, 2.75) is 58.0 Å². The molecule has 0 bridgehead atoms. The van der Waals surface area contributed by atoms with Crippen molar-refractivity contribution in [3.05, 3.63) is 74.8 Å². The zero-order valence-electron chi connectivity index (χ0n) is 23.2. The van der Waals surface area contributed by atoms with Crippen LogP contribution in [0, 0.1) is 17.8 Å². The van der Waals surface area contributed by atoms with Crippen LogP contribution >= 0.6 is 11.6 Å². The summed E-state index contributed by atoms with van der Waals surface area (Å²) in [5.74, 6) is -3.95. The summed E-state index contributed by atoms with van der Waals surface area (Å²) in [6.45, 7) is 3.92. The maximum absolute atomic E-state index is 13.6. The number of benzene rings is 2. The van der Waals surface area contributed by atoms with E-state index in [1.807, 2.05) is 19.9 Å². The number of phenols is 1. The molecule has 0 spiro atoms. The number of alkyl halides is 6. The molecule has 1 N–H and O–H groups in total. The Hall–Kier alpha value is -3.31. The molecule has 0 aromatic heterocycles. The Bertz CT molecular complexity index is 1500. The number of nitrogens with zero attached hydrogens (tertiary/aromatic N) is 1. The van der Waals surface area contributed by atoms with Gasteiger partial charge >= 0.3 is 12.4 Å². The summed E-state index contributed by atoms with van der Waals surface area (Å²) in [4.78, 5) is 27.5. The summed E-state index contributed by atoms with van der Waals surface area (Å²) in [5.41, 5.74) is -0.429. The molecule has 2 saturated heterocycles. The second kappa shape index (κ2) is 11.3. The van der Waals surface area contributed by atoms with E-state index < -0.39 is 58.7 Å². The van der Waals surface area contributed by atoms with E-state index in [1.165, 1.54) is 12.1 Å². The van der Waals surface area contributed by atoms with Crippen molar-refractivity contribution >= 4 is 35.2 Å². The predicted octanol–water partition coefficient (Wildman–Crippen LogP) is 8.20. The third kappa shape index (κ3) is 5.93. The van der Waals surface area contributed by atoms with Crippen LogP contribution in [0.3, 0.4) is 0 Å². The van der Waals surface area contributed by atoms with E-state index in [4.69, 9.17) is 16.3 Å². The number of amides is 2. The van der Waals surface area contributed by atoms with E-state index in [2.05, 4.69) is 0 Å². The summed E-state index contributed by atoms with van der Waals surface area (Å²) >= 11 is 6.25. The average molecular weight is 628 g/mol. The molecule has 4 atom stereocenters. The van der Waals surface area contributed by atoms with Crippen molar-refractivity contribution < 1.29 is 45.8 Å². The van der Waals surface area contributed by atoms with Crippen molar-refractivity contribution in [1.82, 2.24) is 0 Å². The highest BCUT2D eigenvalue weighted by Gasteiger charge is 2.57.